The number of carbonyl (C=O) groups excluding carboxylic acids is 2. The molecule has 0 saturated carbocycles. The van der Waals surface area contributed by atoms with Gasteiger partial charge in [-0.25, -0.2) is 8.78 Å². The predicted octanol–water partition coefficient (Wildman–Crippen LogP) is 2.92. The van der Waals surface area contributed by atoms with Crippen molar-refractivity contribution >= 4 is 23.6 Å². The molecule has 0 spiro atoms. The minimum atomic E-state index is -0.968. The number of esters is 1. The lowest BCUT2D eigenvalue weighted by Gasteiger charge is -2.07. The molecule has 0 atom stereocenters. The van der Waals surface area contributed by atoms with Crippen molar-refractivity contribution in [1.82, 2.24) is 5.32 Å². The lowest BCUT2D eigenvalue weighted by Crippen LogP contribution is -2.31. The van der Waals surface area contributed by atoms with Gasteiger partial charge in [0.2, 0.25) is 5.91 Å². The number of nitrogens with one attached hydrogen (secondary N) is 1. The van der Waals surface area contributed by atoms with Crippen LogP contribution in [0.5, 0.6) is 0 Å². The summed E-state index contributed by atoms with van der Waals surface area (Å²) in [6.07, 6.45) is 0. The molecule has 0 fully saturated rings. The van der Waals surface area contributed by atoms with Gasteiger partial charge in [0.1, 0.15) is 13.2 Å². The van der Waals surface area contributed by atoms with Gasteiger partial charge in [-0.1, -0.05) is 30.3 Å². The van der Waals surface area contributed by atoms with Gasteiger partial charge in [-0.15, -0.1) is 11.8 Å². The fraction of sp³-hybridized carbons (Fsp3) is 0.176. The molecule has 2 aromatic carbocycles. The molecule has 1 amide bonds. The molecule has 2 rings (SSSR count). The average molecular weight is 351 g/mol. The second kappa shape index (κ2) is 9.02. The van der Waals surface area contributed by atoms with E-state index in [9.17, 15) is 18.4 Å². The van der Waals surface area contributed by atoms with Crippen LogP contribution >= 0.6 is 11.8 Å². The Morgan fingerprint density at radius 2 is 1.79 bits per heavy atom. The summed E-state index contributed by atoms with van der Waals surface area (Å²) in [6.45, 7) is -0.108. The lowest BCUT2D eigenvalue weighted by atomic mass is 10.2. The molecule has 4 nitrogen and oxygen atoms in total. The van der Waals surface area contributed by atoms with Gasteiger partial charge in [0.15, 0.2) is 11.6 Å². The summed E-state index contributed by atoms with van der Waals surface area (Å²) in [4.78, 5) is 23.6. The van der Waals surface area contributed by atoms with E-state index in [1.54, 1.807) is 0 Å². The minimum Gasteiger partial charge on any atom is -0.460 e. The Hall–Kier alpha value is -2.41. The van der Waals surface area contributed by atoms with Crippen molar-refractivity contribution in [2.75, 3.05) is 12.3 Å². The van der Waals surface area contributed by atoms with Crippen LogP contribution in [0.3, 0.4) is 0 Å². The molecule has 0 radical (unpaired) electrons. The first kappa shape index (κ1) is 17.9. The SMILES string of the molecule is O=C(CSc1ccc(F)c(F)c1)NCC(=O)OCc1ccccc1. The van der Waals surface area contributed by atoms with Crippen LogP contribution in [-0.2, 0) is 20.9 Å². The lowest BCUT2D eigenvalue weighted by molar-refractivity contribution is -0.145. The maximum atomic E-state index is 13.0. The van der Waals surface area contributed by atoms with Gasteiger partial charge in [0.05, 0.1) is 5.75 Å². The molecular weight excluding hydrogens is 336 g/mol. The van der Waals surface area contributed by atoms with E-state index in [1.165, 1.54) is 6.07 Å². The molecular formula is C17H15F2NO3S. The van der Waals surface area contributed by atoms with Gasteiger partial charge in [0.25, 0.3) is 0 Å². The van der Waals surface area contributed by atoms with Crippen molar-refractivity contribution in [3.8, 4) is 0 Å². The summed E-state index contributed by atoms with van der Waals surface area (Å²) in [5, 5.41) is 2.41. The Labute approximate surface area is 142 Å². The van der Waals surface area contributed by atoms with Crippen LogP contribution < -0.4 is 5.32 Å². The first-order chi connectivity index (χ1) is 11.5. The second-order valence-corrected chi connectivity index (χ2v) is 5.84. The summed E-state index contributed by atoms with van der Waals surface area (Å²) in [5.41, 5.74) is 0.853. The van der Waals surface area contributed by atoms with Crippen LogP contribution in [0.2, 0.25) is 0 Å². The number of hydrogen-bond acceptors (Lipinski definition) is 4. The van der Waals surface area contributed by atoms with E-state index in [1.807, 2.05) is 30.3 Å². The Balaban J connectivity index is 1.67. The Kier molecular flexibility index (Phi) is 6.74. The summed E-state index contributed by atoms with van der Waals surface area (Å²) in [6, 6.07) is 12.6. The smallest absolute Gasteiger partial charge is 0.325 e. The Morgan fingerprint density at radius 1 is 1.04 bits per heavy atom. The highest BCUT2D eigenvalue weighted by atomic mass is 32.2. The summed E-state index contributed by atoms with van der Waals surface area (Å²) in [7, 11) is 0. The zero-order valence-electron chi connectivity index (χ0n) is 12.6. The number of thioether (sulfide) groups is 1. The molecule has 0 aliphatic carbocycles. The molecule has 0 bridgehead atoms. The van der Waals surface area contributed by atoms with E-state index in [4.69, 9.17) is 4.74 Å². The summed E-state index contributed by atoms with van der Waals surface area (Å²) in [5.74, 6) is -2.88. The maximum absolute atomic E-state index is 13.0. The first-order valence-corrected chi connectivity index (χ1v) is 8.07. The van der Waals surface area contributed by atoms with Gasteiger partial charge < -0.3 is 10.1 Å². The number of ether oxygens (including phenoxy) is 1. The van der Waals surface area contributed by atoms with E-state index in [0.29, 0.717) is 4.90 Å². The van der Waals surface area contributed by atoms with Crippen molar-refractivity contribution < 1.29 is 23.1 Å². The number of benzene rings is 2. The van der Waals surface area contributed by atoms with Crippen LogP contribution in [0.15, 0.2) is 53.4 Å². The van der Waals surface area contributed by atoms with Crippen LogP contribution in [0.4, 0.5) is 8.78 Å². The highest BCUT2D eigenvalue weighted by Gasteiger charge is 2.09. The van der Waals surface area contributed by atoms with E-state index < -0.39 is 23.5 Å². The maximum Gasteiger partial charge on any atom is 0.325 e. The predicted molar refractivity (Wildman–Crippen MR) is 86.3 cm³/mol. The number of amides is 1. The van der Waals surface area contributed by atoms with Gasteiger partial charge in [-0.3, -0.25) is 9.59 Å². The van der Waals surface area contributed by atoms with E-state index in [-0.39, 0.29) is 18.9 Å². The van der Waals surface area contributed by atoms with Gasteiger partial charge in [-0.05, 0) is 23.8 Å². The van der Waals surface area contributed by atoms with Crippen LogP contribution in [0, 0.1) is 11.6 Å². The number of halogens is 2. The molecule has 0 heterocycles. The van der Waals surface area contributed by atoms with Gasteiger partial charge in [0, 0.05) is 4.90 Å². The molecule has 0 aliphatic rings. The summed E-state index contributed by atoms with van der Waals surface area (Å²) < 4.78 is 30.8. The standard InChI is InChI=1S/C17H15F2NO3S/c18-14-7-6-13(8-15(14)19)24-11-16(21)20-9-17(22)23-10-12-4-2-1-3-5-12/h1-8H,9-11H2,(H,20,21). The van der Waals surface area contributed by atoms with E-state index in [2.05, 4.69) is 5.32 Å². The molecule has 0 aromatic heterocycles. The topological polar surface area (TPSA) is 55.4 Å². The third-order valence-electron chi connectivity index (χ3n) is 2.93. The average Bonchev–Trinajstić information content (AvgIpc) is 2.60. The minimum absolute atomic E-state index is 0.0168. The molecule has 7 heteroatoms. The quantitative estimate of drug-likeness (QED) is 0.616. The first-order valence-electron chi connectivity index (χ1n) is 7.08. The van der Waals surface area contributed by atoms with Crippen molar-refractivity contribution in [2.45, 2.75) is 11.5 Å². The van der Waals surface area contributed by atoms with E-state index >= 15 is 0 Å². The normalized spacial score (nSPS) is 10.2. The molecule has 2 aromatic rings. The highest BCUT2D eigenvalue weighted by molar-refractivity contribution is 8.00. The molecule has 0 aliphatic heterocycles. The van der Waals surface area contributed by atoms with E-state index in [0.717, 1.165) is 29.5 Å². The molecule has 0 unspecified atom stereocenters. The van der Waals surface area contributed by atoms with Crippen molar-refractivity contribution in [1.29, 1.82) is 0 Å². The summed E-state index contributed by atoms with van der Waals surface area (Å²) >= 11 is 1.04. The Morgan fingerprint density at radius 3 is 2.50 bits per heavy atom. The fourth-order valence-corrected chi connectivity index (χ4v) is 2.48. The highest BCUT2D eigenvalue weighted by Crippen LogP contribution is 2.19. The van der Waals surface area contributed by atoms with Gasteiger partial charge in [-0.2, -0.15) is 0 Å². The van der Waals surface area contributed by atoms with Crippen molar-refractivity contribution in [3.63, 3.8) is 0 Å². The van der Waals surface area contributed by atoms with Crippen LogP contribution in [0.1, 0.15) is 5.56 Å². The molecule has 24 heavy (non-hydrogen) atoms. The van der Waals surface area contributed by atoms with Crippen molar-refractivity contribution in [3.05, 3.63) is 65.7 Å². The fourth-order valence-electron chi connectivity index (χ4n) is 1.73. The third-order valence-corrected chi connectivity index (χ3v) is 3.93. The third kappa shape index (κ3) is 6.00. The molecule has 0 saturated heterocycles. The molecule has 126 valence electrons. The second-order valence-electron chi connectivity index (χ2n) is 4.79. The Bertz CT molecular complexity index is 710. The molecule has 1 N–H and O–H groups in total. The van der Waals surface area contributed by atoms with Crippen LogP contribution in [-0.4, -0.2) is 24.2 Å². The van der Waals surface area contributed by atoms with Crippen LogP contribution in [0.25, 0.3) is 0 Å². The number of hydrogen-bond donors (Lipinski definition) is 1. The monoisotopic (exact) mass is 351 g/mol. The van der Waals surface area contributed by atoms with Crippen molar-refractivity contribution in [2.24, 2.45) is 0 Å². The zero-order valence-corrected chi connectivity index (χ0v) is 13.4. The largest absolute Gasteiger partial charge is 0.460 e. The number of carbonyl (C=O) groups is 2. The number of rotatable bonds is 7. The zero-order chi connectivity index (χ0) is 17.4. The van der Waals surface area contributed by atoms with Gasteiger partial charge >= 0.3 is 5.97 Å².